The molecular weight excluding hydrogens is 487 g/mol. The summed E-state index contributed by atoms with van der Waals surface area (Å²) in [5.41, 5.74) is 1.17. The van der Waals surface area contributed by atoms with E-state index in [9.17, 15) is 9.59 Å². The van der Waals surface area contributed by atoms with Gasteiger partial charge in [-0.1, -0.05) is 41.5 Å². The van der Waals surface area contributed by atoms with Gasteiger partial charge in [0, 0.05) is 30.1 Å². The molecule has 172 valence electrons. The van der Waals surface area contributed by atoms with Crippen LogP contribution in [-0.4, -0.2) is 46.8 Å². The number of ether oxygens (including phenoxy) is 2. The largest absolute Gasteiger partial charge is 0.454 e. The third-order valence-electron chi connectivity index (χ3n) is 4.84. The molecule has 0 spiro atoms. The Morgan fingerprint density at radius 3 is 2.70 bits per heavy atom. The lowest BCUT2D eigenvalue weighted by molar-refractivity contribution is -0.116. The fourth-order valence-electron chi connectivity index (χ4n) is 3.26. The van der Waals surface area contributed by atoms with E-state index in [4.69, 9.17) is 32.7 Å². The van der Waals surface area contributed by atoms with E-state index in [-0.39, 0.29) is 36.6 Å². The highest BCUT2D eigenvalue weighted by Gasteiger charge is 2.20. The van der Waals surface area contributed by atoms with Crippen molar-refractivity contribution >= 4 is 51.5 Å². The molecule has 33 heavy (non-hydrogen) atoms. The van der Waals surface area contributed by atoms with Crippen molar-refractivity contribution in [3.63, 3.8) is 0 Å². The number of aromatic nitrogens is 2. The standard InChI is InChI=1S/C22H20Cl2N4O4S/c1-2-8-28(21(30)15-5-4-14(23)11-16(15)24)9-7-19(29)25-22-27-26-20(33-22)13-3-6-17-18(10-13)32-12-31-17/h3-6,10-11H,2,7-9,12H2,1H3,(H,25,27,29). The van der Waals surface area contributed by atoms with Gasteiger partial charge in [-0.15, -0.1) is 10.2 Å². The summed E-state index contributed by atoms with van der Waals surface area (Å²) in [6.45, 7) is 2.89. The Morgan fingerprint density at radius 1 is 1.09 bits per heavy atom. The maximum Gasteiger partial charge on any atom is 0.255 e. The Balaban J connectivity index is 1.36. The summed E-state index contributed by atoms with van der Waals surface area (Å²) in [5.74, 6) is 0.824. The van der Waals surface area contributed by atoms with E-state index in [1.807, 2.05) is 25.1 Å². The lowest BCUT2D eigenvalue weighted by atomic mass is 10.2. The van der Waals surface area contributed by atoms with Crippen LogP contribution in [-0.2, 0) is 4.79 Å². The molecule has 8 nitrogen and oxygen atoms in total. The van der Waals surface area contributed by atoms with Gasteiger partial charge in [0.05, 0.1) is 10.6 Å². The van der Waals surface area contributed by atoms with Crippen molar-refractivity contribution in [2.75, 3.05) is 25.2 Å². The molecule has 2 aromatic carbocycles. The second kappa shape index (κ2) is 10.4. The molecule has 0 aliphatic carbocycles. The Labute approximate surface area is 204 Å². The minimum atomic E-state index is -0.264. The molecule has 11 heteroatoms. The molecule has 1 aliphatic heterocycles. The number of amides is 2. The molecule has 1 N–H and O–H groups in total. The van der Waals surface area contributed by atoms with E-state index in [1.165, 1.54) is 17.4 Å². The van der Waals surface area contributed by atoms with Crippen LogP contribution < -0.4 is 14.8 Å². The fourth-order valence-corrected chi connectivity index (χ4v) is 4.50. The van der Waals surface area contributed by atoms with Gasteiger partial charge in [-0.25, -0.2) is 0 Å². The third-order valence-corrected chi connectivity index (χ3v) is 6.28. The highest BCUT2D eigenvalue weighted by molar-refractivity contribution is 7.18. The van der Waals surface area contributed by atoms with Gasteiger partial charge in [0.15, 0.2) is 11.5 Å². The van der Waals surface area contributed by atoms with E-state index in [2.05, 4.69) is 15.5 Å². The molecule has 0 saturated heterocycles. The minimum Gasteiger partial charge on any atom is -0.454 e. The normalized spacial score (nSPS) is 12.0. The van der Waals surface area contributed by atoms with Crippen LogP contribution in [0.25, 0.3) is 10.6 Å². The Bertz CT molecular complexity index is 1190. The van der Waals surface area contributed by atoms with E-state index in [0.29, 0.717) is 38.8 Å². The number of hydrogen-bond donors (Lipinski definition) is 1. The first-order chi connectivity index (χ1) is 15.9. The van der Waals surface area contributed by atoms with Crippen LogP contribution >= 0.6 is 34.5 Å². The molecule has 2 heterocycles. The van der Waals surface area contributed by atoms with Crippen LogP contribution in [0, 0.1) is 0 Å². The maximum atomic E-state index is 12.9. The van der Waals surface area contributed by atoms with Gasteiger partial charge in [0.25, 0.3) is 5.91 Å². The van der Waals surface area contributed by atoms with Crippen molar-refractivity contribution in [2.45, 2.75) is 19.8 Å². The number of carbonyl (C=O) groups excluding carboxylic acids is 2. The lowest BCUT2D eigenvalue weighted by Gasteiger charge is -2.22. The van der Waals surface area contributed by atoms with Crippen molar-refractivity contribution in [3.8, 4) is 22.1 Å². The zero-order chi connectivity index (χ0) is 23.4. The van der Waals surface area contributed by atoms with Gasteiger partial charge in [-0.3, -0.25) is 9.59 Å². The Hall–Kier alpha value is -2.88. The van der Waals surface area contributed by atoms with Gasteiger partial charge in [0.2, 0.25) is 17.8 Å². The van der Waals surface area contributed by atoms with E-state index >= 15 is 0 Å². The Kier molecular flexibility index (Phi) is 7.32. The summed E-state index contributed by atoms with van der Waals surface area (Å²) in [7, 11) is 0. The first-order valence-corrected chi connectivity index (χ1v) is 11.8. The first-order valence-electron chi connectivity index (χ1n) is 10.2. The van der Waals surface area contributed by atoms with E-state index in [1.54, 1.807) is 17.0 Å². The number of benzene rings is 2. The molecule has 0 saturated carbocycles. The molecular formula is C22H20Cl2N4O4S. The highest BCUT2D eigenvalue weighted by Crippen LogP contribution is 2.37. The number of nitrogens with zero attached hydrogens (tertiary/aromatic N) is 3. The Morgan fingerprint density at radius 2 is 1.91 bits per heavy atom. The molecule has 3 aromatic rings. The molecule has 1 aliphatic rings. The molecule has 1 aromatic heterocycles. The second-order valence-corrected chi connectivity index (χ2v) is 9.02. The van der Waals surface area contributed by atoms with Crippen molar-refractivity contribution in [3.05, 3.63) is 52.0 Å². The SMILES string of the molecule is CCCN(CCC(=O)Nc1nnc(-c2ccc3c(c2)OCO3)s1)C(=O)c1ccc(Cl)cc1Cl. The highest BCUT2D eigenvalue weighted by atomic mass is 35.5. The summed E-state index contributed by atoms with van der Waals surface area (Å²) in [6, 6.07) is 10.2. The average molecular weight is 507 g/mol. The number of fused-ring (bicyclic) bond motifs is 1. The van der Waals surface area contributed by atoms with Crippen LogP contribution in [0.3, 0.4) is 0 Å². The predicted octanol–water partition coefficient (Wildman–Crippen LogP) is 5.12. The van der Waals surface area contributed by atoms with Gasteiger partial charge >= 0.3 is 0 Å². The molecule has 0 bridgehead atoms. The molecule has 0 atom stereocenters. The monoisotopic (exact) mass is 506 g/mol. The van der Waals surface area contributed by atoms with Crippen LogP contribution in [0.5, 0.6) is 11.5 Å². The van der Waals surface area contributed by atoms with Crippen LogP contribution in [0.15, 0.2) is 36.4 Å². The predicted molar refractivity (Wildman–Crippen MR) is 127 cm³/mol. The van der Waals surface area contributed by atoms with Crippen LogP contribution in [0.1, 0.15) is 30.1 Å². The molecule has 4 rings (SSSR count). The number of rotatable bonds is 8. The zero-order valence-corrected chi connectivity index (χ0v) is 20.0. The molecule has 0 radical (unpaired) electrons. The number of nitrogens with one attached hydrogen (secondary N) is 1. The first kappa shape index (κ1) is 23.3. The van der Waals surface area contributed by atoms with Crippen molar-refractivity contribution in [1.29, 1.82) is 0 Å². The summed E-state index contributed by atoms with van der Waals surface area (Å²) < 4.78 is 10.7. The fraction of sp³-hybridized carbons (Fsp3) is 0.273. The topological polar surface area (TPSA) is 93.7 Å². The van der Waals surface area contributed by atoms with Gasteiger partial charge in [-0.2, -0.15) is 0 Å². The second-order valence-electron chi connectivity index (χ2n) is 7.19. The number of hydrogen-bond acceptors (Lipinski definition) is 7. The maximum absolute atomic E-state index is 12.9. The number of halogens is 2. The van der Waals surface area contributed by atoms with Crippen LogP contribution in [0.2, 0.25) is 10.0 Å². The average Bonchev–Trinajstić information content (AvgIpc) is 3.45. The van der Waals surface area contributed by atoms with E-state index < -0.39 is 0 Å². The molecule has 0 fully saturated rings. The smallest absolute Gasteiger partial charge is 0.255 e. The number of carbonyl (C=O) groups is 2. The third kappa shape index (κ3) is 5.55. The summed E-state index contributed by atoms with van der Waals surface area (Å²) >= 11 is 13.4. The molecule has 2 amide bonds. The lowest BCUT2D eigenvalue weighted by Crippen LogP contribution is -2.34. The number of anilines is 1. The summed E-state index contributed by atoms with van der Waals surface area (Å²) in [6.07, 6.45) is 0.851. The van der Waals surface area contributed by atoms with Crippen molar-refractivity contribution in [1.82, 2.24) is 15.1 Å². The quantitative estimate of drug-likeness (QED) is 0.455. The van der Waals surface area contributed by atoms with Gasteiger partial charge < -0.3 is 19.7 Å². The van der Waals surface area contributed by atoms with Gasteiger partial charge in [0.1, 0.15) is 5.01 Å². The van der Waals surface area contributed by atoms with Crippen LogP contribution in [0.4, 0.5) is 5.13 Å². The zero-order valence-electron chi connectivity index (χ0n) is 17.6. The minimum absolute atomic E-state index is 0.107. The van der Waals surface area contributed by atoms with Crippen molar-refractivity contribution in [2.24, 2.45) is 0 Å². The summed E-state index contributed by atoms with van der Waals surface area (Å²) in [4.78, 5) is 27.0. The van der Waals surface area contributed by atoms with Gasteiger partial charge in [-0.05, 0) is 42.8 Å². The molecule has 0 unspecified atom stereocenters. The van der Waals surface area contributed by atoms with E-state index in [0.717, 1.165) is 12.0 Å². The summed E-state index contributed by atoms with van der Waals surface area (Å²) in [5, 5.41) is 12.7. The van der Waals surface area contributed by atoms with Crippen molar-refractivity contribution < 1.29 is 19.1 Å².